The van der Waals surface area contributed by atoms with E-state index in [9.17, 15) is 14.2 Å². The van der Waals surface area contributed by atoms with E-state index in [1.54, 1.807) is 18.2 Å². The van der Waals surface area contributed by atoms with Crippen LogP contribution in [0.25, 0.3) is 0 Å². The molecule has 11 heteroatoms. The lowest BCUT2D eigenvalue weighted by Crippen LogP contribution is -2.05. The lowest BCUT2D eigenvalue weighted by Gasteiger charge is -2.09. The molecule has 0 aliphatic rings. The Kier molecular flexibility index (Phi) is 17.9. The van der Waals surface area contributed by atoms with Gasteiger partial charge < -0.3 is 19.4 Å². The van der Waals surface area contributed by atoms with Crippen molar-refractivity contribution >= 4 is 15.6 Å². The van der Waals surface area contributed by atoms with Crippen LogP contribution in [0.1, 0.15) is 64.2 Å². The van der Waals surface area contributed by atoms with Gasteiger partial charge in [-0.15, -0.1) is 0 Å². The summed E-state index contributed by atoms with van der Waals surface area (Å²) in [7, 11) is -8.80. The zero-order chi connectivity index (χ0) is 23.4. The van der Waals surface area contributed by atoms with E-state index in [0.29, 0.717) is 6.42 Å². The lowest BCUT2D eigenvalue weighted by atomic mass is 10.0. The van der Waals surface area contributed by atoms with Gasteiger partial charge in [0.1, 0.15) is 0 Å². The summed E-state index contributed by atoms with van der Waals surface area (Å²) >= 11 is 0. The van der Waals surface area contributed by atoms with Crippen LogP contribution in [-0.2, 0) is 18.2 Å². The molecule has 0 bridgehead atoms. The fourth-order valence-corrected chi connectivity index (χ4v) is 3.18. The summed E-state index contributed by atoms with van der Waals surface area (Å²) in [6, 6.07) is 0. The molecular weight excluding hydrogens is 446 g/mol. The molecular formula is C20H36O9P2. The van der Waals surface area contributed by atoms with Gasteiger partial charge in [-0.2, -0.15) is 0 Å². The molecule has 0 radical (unpaired) electrons. The minimum Gasteiger partial charge on any atom is -0.412 e. The summed E-state index contributed by atoms with van der Waals surface area (Å²) in [5.74, 6) is 0. The maximum Gasteiger partial charge on any atom is 0.524 e. The number of phosphoric acid groups is 2. The van der Waals surface area contributed by atoms with Gasteiger partial charge in [-0.05, 0) is 38.2 Å². The number of allylic oxidation sites excluding steroid dienone is 7. The number of aliphatic hydroxyl groups is 1. The van der Waals surface area contributed by atoms with Gasteiger partial charge in [-0.1, -0.05) is 68.6 Å². The second-order valence-electron chi connectivity index (χ2n) is 6.94. The average molecular weight is 482 g/mol. The van der Waals surface area contributed by atoms with Crippen molar-refractivity contribution in [3.8, 4) is 0 Å². The fraction of sp³-hybridized carbons (Fsp3) is 0.600. The molecule has 0 aliphatic heterocycles. The van der Waals surface area contributed by atoms with Crippen LogP contribution in [0.4, 0.5) is 0 Å². The molecule has 180 valence electrons. The molecule has 1 atom stereocenters. The van der Waals surface area contributed by atoms with Gasteiger partial charge in [-0.25, -0.2) is 9.13 Å². The summed E-state index contributed by atoms with van der Waals surface area (Å²) in [4.78, 5) is 34.0. The SMILES string of the molecule is O=P(O)(O)O/C=C/C=C/C=C/C=C/CCCC(O)CCCCCCCCOP(=O)(O)O. The molecule has 0 aromatic carbocycles. The molecule has 1 unspecified atom stereocenters. The highest BCUT2D eigenvalue weighted by Crippen LogP contribution is 2.36. The topological polar surface area (TPSA) is 154 Å². The van der Waals surface area contributed by atoms with Crippen LogP contribution in [0.15, 0.2) is 48.8 Å². The molecule has 0 aliphatic carbocycles. The van der Waals surface area contributed by atoms with Crippen molar-refractivity contribution in [3.63, 3.8) is 0 Å². The molecule has 0 rings (SSSR count). The van der Waals surface area contributed by atoms with Gasteiger partial charge in [0, 0.05) is 0 Å². The highest BCUT2D eigenvalue weighted by atomic mass is 31.2. The van der Waals surface area contributed by atoms with Gasteiger partial charge >= 0.3 is 15.6 Å². The first-order valence-corrected chi connectivity index (χ1v) is 13.4. The number of hydrogen-bond acceptors (Lipinski definition) is 5. The van der Waals surface area contributed by atoms with Crippen molar-refractivity contribution in [1.29, 1.82) is 0 Å². The highest BCUT2D eigenvalue weighted by Gasteiger charge is 2.12. The third kappa shape index (κ3) is 26.9. The van der Waals surface area contributed by atoms with Gasteiger partial charge in [0.2, 0.25) is 0 Å². The maximum atomic E-state index is 10.5. The van der Waals surface area contributed by atoms with Gasteiger partial charge in [0.15, 0.2) is 0 Å². The zero-order valence-electron chi connectivity index (χ0n) is 17.7. The second-order valence-corrected chi connectivity index (χ2v) is 9.37. The Balaban J connectivity index is 3.54. The smallest absolute Gasteiger partial charge is 0.412 e. The maximum absolute atomic E-state index is 10.5. The van der Waals surface area contributed by atoms with E-state index < -0.39 is 15.6 Å². The third-order valence-corrected chi connectivity index (χ3v) is 4.98. The number of unbranched alkanes of at least 4 members (excludes halogenated alkanes) is 6. The molecule has 31 heavy (non-hydrogen) atoms. The zero-order valence-corrected chi connectivity index (χ0v) is 19.5. The first kappa shape index (κ1) is 30.0. The van der Waals surface area contributed by atoms with Crippen LogP contribution < -0.4 is 0 Å². The summed E-state index contributed by atoms with van der Waals surface area (Å²) in [6.45, 7) is 0.0819. The molecule has 0 aromatic heterocycles. The summed E-state index contributed by atoms with van der Waals surface area (Å²) in [6.07, 6.45) is 21.7. The summed E-state index contributed by atoms with van der Waals surface area (Å²) < 4.78 is 29.4. The van der Waals surface area contributed by atoms with Crippen molar-refractivity contribution in [2.75, 3.05) is 6.61 Å². The van der Waals surface area contributed by atoms with Crippen LogP contribution in [0.2, 0.25) is 0 Å². The van der Waals surface area contributed by atoms with E-state index in [2.05, 4.69) is 9.05 Å². The van der Waals surface area contributed by atoms with E-state index in [1.165, 1.54) is 6.08 Å². The van der Waals surface area contributed by atoms with E-state index in [-0.39, 0.29) is 12.7 Å². The van der Waals surface area contributed by atoms with Crippen molar-refractivity contribution in [3.05, 3.63) is 48.8 Å². The molecule has 0 heterocycles. The number of hydrogen-bond donors (Lipinski definition) is 5. The number of phosphoric ester groups is 2. The summed E-state index contributed by atoms with van der Waals surface area (Å²) in [5.41, 5.74) is 0. The van der Waals surface area contributed by atoms with Crippen molar-refractivity contribution in [2.24, 2.45) is 0 Å². The van der Waals surface area contributed by atoms with Crippen molar-refractivity contribution < 1.29 is 42.9 Å². The molecule has 0 amide bonds. The van der Waals surface area contributed by atoms with E-state index in [1.807, 2.05) is 18.2 Å². The quantitative estimate of drug-likeness (QED) is 0.0766. The number of aliphatic hydroxyl groups excluding tert-OH is 1. The summed E-state index contributed by atoms with van der Waals surface area (Å²) in [5, 5.41) is 9.99. The third-order valence-electron chi connectivity index (χ3n) is 4.07. The average Bonchev–Trinajstić information content (AvgIpc) is 2.65. The molecule has 0 saturated carbocycles. The minimum atomic E-state index is -4.46. The monoisotopic (exact) mass is 482 g/mol. The van der Waals surface area contributed by atoms with Crippen LogP contribution in [0.3, 0.4) is 0 Å². The Labute approximate surface area is 184 Å². The Bertz CT molecular complexity index is 647. The predicted octanol–water partition coefficient (Wildman–Crippen LogP) is 4.65. The molecule has 0 fully saturated rings. The number of rotatable bonds is 19. The molecule has 9 nitrogen and oxygen atoms in total. The first-order valence-electron chi connectivity index (χ1n) is 10.4. The van der Waals surface area contributed by atoms with Crippen molar-refractivity contribution in [2.45, 2.75) is 70.3 Å². The Hall–Kier alpha value is -1.02. The Morgan fingerprint density at radius 2 is 1.23 bits per heavy atom. The lowest BCUT2D eigenvalue weighted by molar-refractivity contribution is 0.148. The Morgan fingerprint density at radius 1 is 0.677 bits per heavy atom. The minimum absolute atomic E-state index is 0.0819. The van der Waals surface area contributed by atoms with E-state index in [4.69, 9.17) is 19.6 Å². The van der Waals surface area contributed by atoms with Crippen LogP contribution in [0, 0.1) is 0 Å². The standard InChI is InChI=1S/C20H36O9P2/c21-20(17-13-9-5-7-11-15-19-29-31(25,26)27)16-12-8-4-2-1-3-6-10-14-18-28-30(22,23)24/h1-4,6,10,14,18,20-21H,5,7-9,11-13,15-17,19H2,(H2,22,23,24)(H2,25,26,27)/b3-1+,4-2+,10-6+,18-14+. The second kappa shape index (κ2) is 18.5. The van der Waals surface area contributed by atoms with E-state index in [0.717, 1.165) is 64.0 Å². The van der Waals surface area contributed by atoms with Crippen LogP contribution >= 0.6 is 15.6 Å². The predicted molar refractivity (Wildman–Crippen MR) is 120 cm³/mol. The van der Waals surface area contributed by atoms with Gasteiger partial charge in [0.25, 0.3) is 0 Å². The fourth-order valence-electron chi connectivity index (χ4n) is 2.58. The first-order chi connectivity index (χ1) is 14.6. The van der Waals surface area contributed by atoms with Crippen molar-refractivity contribution in [1.82, 2.24) is 0 Å². The molecule has 5 N–H and O–H groups in total. The molecule has 0 aromatic rings. The van der Waals surface area contributed by atoms with Gasteiger partial charge in [0.05, 0.1) is 19.0 Å². The highest BCUT2D eigenvalue weighted by molar-refractivity contribution is 7.46. The van der Waals surface area contributed by atoms with Crippen LogP contribution in [-0.4, -0.2) is 37.4 Å². The van der Waals surface area contributed by atoms with Gasteiger partial charge in [-0.3, -0.25) is 14.3 Å². The molecule has 0 spiro atoms. The Morgan fingerprint density at radius 3 is 1.87 bits per heavy atom. The largest absolute Gasteiger partial charge is 0.524 e. The van der Waals surface area contributed by atoms with Crippen LogP contribution in [0.5, 0.6) is 0 Å². The van der Waals surface area contributed by atoms with E-state index >= 15 is 0 Å². The normalized spacial score (nSPS) is 14.5. The molecule has 0 saturated heterocycles.